The lowest BCUT2D eigenvalue weighted by molar-refractivity contribution is 0.586. The summed E-state index contributed by atoms with van der Waals surface area (Å²) in [5.74, 6) is -1.21. The Morgan fingerprint density at radius 2 is 1.95 bits per heavy atom. The largest absolute Gasteiger partial charge is 0.352 e. The van der Waals surface area contributed by atoms with E-state index in [4.69, 9.17) is 0 Å². The van der Waals surface area contributed by atoms with E-state index in [-0.39, 0.29) is 17.3 Å². The summed E-state index contributed by atoms with van der Waals surface area (Å²) in [4.78, 5) is 3.94. The molecule has 5 nitrogen and oxygen atoms in total. The predicted molar refractivity (Wildman–Crippen MR) is 81.6 cm³/mol. The Kier molecular flexibility index (Phi) is 4.92. The highest BCUT2D eigenvalue weighted by atomic mass is 32.2. The first kappa shape index (κ1) is 16.2. The molecule has 8 heteroatoms. The Hall–Kier alpha value is -2.22. The van der Waals surface area contributed by atoms with Gasteiger partial charge in [0.05, 0.1) is 23.3 Å². The topological polar surface area (TPSA) is 71.1 Å². The van der Waals surface area contributed by atoms with Gasteiger partial charge in [-0.1, -0.05) is 6.92 Å². The average molecular weight is 327 g/mol. The second kappa shape index (κ2) is 6.69. The van der Waals surface area contributed by atoms with Crippen LogP contribution >= 0.6 is 0 Å². The summed E-state index contributed by atoms with van der Waals surface area (Å²) in [7, 11) is -3.40. The van der Waals surface area contributed by atoms with Crippen molar-refractivity contribution >= 4 is 27.2 Å². The molecule has 0 aliphatic rings. The van der Waals surface area contributed by atoms with E-state index >= 15 is 0 Å². The Labute approximate surface area is 127 Å². The van der Waals surface area contributed by atoms with Crippen molar-refractivity contribution in [3.8, 4) is 0 Å². The molecule has 0 saturated heterocycles. The minimum atomic E-state index is -3.40. The zero-order valence-corrected chi connectivity index (χ0v) is 12.6. The fourth-order valence-corrected chi connectivity index (χ4v) is 2.83. The van der Waals surface area contributed by atoms with E-state index in [1.54, 1.807) is 13.0 Å². The summed E-state index contributed by atoms with van der Waals surface area (Å²) in [6.45, 7) is 1.76. The van der Waals surface area contributed by atoms with Crippen molar-refractivity contribution in [1.29, 1.82) is 0 Å². The van der Waals surface area contributed by atoms with Gasteiger partial charge in [-0.15, -0.1) is 0 Å². The highest BCUT2D eigenvalue weighted by Crippen LogP contribution is 2.21. The summed E-state index contributed by atoms with van der Waals surface area (Å²) in [5, 5.41) is 2.73. The molecule has 0 unspecified atom stereocenters. The molecular formula is C14H15F2N3O2S. The van der Waals surface area contributed by atoms with Gasteiger partial charge in [-0.05, 0) is 30.7 Å². The van der Waals surface area contributed by atoms with Gasteiger partial charge in [-0.2, -0.15) is 0 Å². The number of nitrogens with zero attached hydrogens (tertiary/aromatic N) is 1. The van der Waals surface area contributed by atoms with Crippen LogP contribution in [0.25, 0.3) is 0 Å². The normalized spacial score (nSPS) is 11.2. The third kappa shape index (κ3) is 4.39. The van der Waals surface area contributed by atoms with Gasteiger partial charge in [0, 0.05) is 6.07 Å². The van der Waals surface area contributed by atoms with Crippen LogP contribution in [0.2, 0.25) is 0 Å². The zero-order valence-electron chi connectivity index (χ0n) is 11.8. The van der Waals surface area contributed by atoms with Crippen LogP contribution in [0.3, 0.4) is 0 Å². The summed E-state index contributed by atoms with van der Waals surface area (Å²) >= 11 is 0. The number of aromatic nitrogens is 1. The summed E-state index contributed by atoms with van der Waals surface area (Å²) in [5.41, 5.74) is 0.548. The van der Waals surface area contributed by atoms with Crippen LogP contribution in [-0.4, -0.2) is 19.2 Å². The smallest absolute Gasteiger partial charge is 0.233 e. The maximum Gasteiger partial charge on any atom is 0.233 e. The van der Waals surface area contributed by atoms with Crippen LogP contribution in [0, 0.1) is 11.6 Å². The van der Waals surface area contributed by atoms with Gasteiger partial charge in [0.1, 0.15) is 17.5 Å². The number of rotatable bonds is 6. The second-order valence-electron chi connectivity index (χ2n) is 4.60. The van der Waals surface area contributed by atoms with Crippen molar-refractivity contribution in [2.75, 3.05) is 15.8 Å². The van der Waals surface area contributed by atoms with Crippen LogP contribution < -0.4 is 10.0 Å². The molecule has 0 aliphatic heterocycles. The molecule has 0 radical (unpaired) electrons. The van der Waals surface area contributed by atoms with Gasteiger partial charge in [-0.3, -0.25) is 4.72 Å². The number of hydrogen-bond acceptors (Lipinski definition) is 4. The van der Waals surface area contributed by atoms with Gasteiger partial charge < -0.3 is 5.32 Å². The quantitative estimate of drug-likeness (QED) is 0.854. The molecule has 1 aromatic heterocycles. The third-order valence-electron chi connectivity index (χ3n) is 2.71. The summed E-state index contributed by atoms with van der Waals surface area (Å²) < 4.78 is 51.9. The summed E-state index contributed by atoms with van der Waals surface area (Å²) in [6.07, 6.45) is 1.85. The Morgan fingerprint density at radius 1 is 1.18 bits per heavy atom. The van der Waals surface area contributed by atoms with Crippen molar-refractivity contribution in [3.05, 3.63) is 48.2 Å². The van der Waals surface area contributed by atoms with Gasteiger partial charge in [0.25, 0.3) is 0 Å². The molecule has 0 amide bonds. The molecule has 22 heavy (non-hydrogen) atoms. The molecule has 0 spiro atoms. The van der Waals surface area contributed by atoms with E-state index in [0.717, 1.165) is 12.1 Å². The lowest BCUT2D eigenvalue weighted by Crippen LogP contribution is -2.16. The maximum absolute atomic E-state index is 13.5. The van der Waals surface area contributed by atoms with Gasteiger partial charge >= 0.3 is 0 Å². The van der Waals surface area contributed by atoms with Crippen LogP contribution in [-0.2, 0) is 10.0 Å². The number of pyridine rings is 1. The van der Waals surface area contributed by atoms with Gasteiger partial charge in [-0.25, -0.2) is 22.2 Å². The molecule has 1 aromatic carbocycles. The van der Waals surface area contributed by atoms with Gasteiger partial charge in [0.15, 0.2) is 0 Å². The third-order valence-corrected chi connectivity index (χ3v) is 4.17. The molecule has 0 saturated carbocycles. The standard InChI is InChI=1S/C14H15F2N3O2S/c1-2-7-22(20,21)19-14-6-4-11(9-17-14)18-13-5-3-10(15)8-12(13)16/h3-6,8-9,18H,2,7H2,1H3,(H,17,19). The zero-order chi connectivity index (χ0) is 16.2. The Morgan fingerprint density at radius 3 is 2.55 bits per heavy atom. The maximum atomic E-state index is 13.5. The van der Waals surface area contributed by atoms with Crippen molar-refractivity contribution in [2.45, 2.75) is 13.3 Å². The fraction of sp³-hybridized carbons (Fsp3) is 0.214. The van der Waals surface area contributed by atoms with Crippen LogP contribution in [0.4, 0.5) is 26.0 Å². The molecule has 2 N–H and O–H groups in total. The monoisotopic (exact) mass is 327 g/mol. The first-order valence-electron chi connectivity index (χ1n) is 6.58. The number of benzene rings is 1. The number of halogens is 2. The predicted octanol–water partition coefficient (Wildman–Crippen LogP) is 3.26. The average Bonchev–Trinajstić information content (AvgIpc) is 2.43. The SMILES string of the molecule is CCCS(=O)(=O)Nc1ccc(Nc2ccc(F)cc2F)cn1. The number of sulfonamides is 1. The van der Waals surface area contributed by atoms with E-state index in [2.05, 4.69) is 15.0 Å². The lowest BCUT2D eigenvalue weighted by atomic mass is 10.3. The Balaban J connectivity index is 2.09. The van der Waals surface area contributed by atoms with Crippen molar-refractivity contribution in [2.24, 2.45) is 0 Å². The first-order chi connectivity index (χ1) is 10.4. The van der Waals surface area contributed by atoms with E-state index in [0.29, 0.717) is 12.1 Å². The molecule has 1 heterocycles. The summed E-state index contributed by atoms with van der Waals surface area (Å²) in [6, 6.07) is 6.16. The van der Waals surface area contributed by atoms with E-state index < -0.39 is 21.7 Å². The van der Waals surface area contributed by atoms with Crippen LogP contribution in [0.1, 0.15) is 13.3 Å². The van der Waals surface area contributed by atoms with E-state index in [1.807, 2.05) is 0 Å². The second-order valence-corrected chi connectivity index (χ2v) is 6.44. The van der Waals surface area contributed by atoms with E-state index in [1.165, 1.54) is 18.3 Å². The molecule has 2 rings (SSSR count). The van der Waals surface area contributed by atoms with Crippen molar-refractivity contribution < 1.29 is 17.2 Å². The number of hydrogen-bond donors (Lipinski definition) is 2. The highest BCUT2D eigenvalue weighted by molar-refractivity contribution is 7.92. The molecule has 0 aliphatic carbocycles. The minimum Gasteiger partial charge on any atom is -0.352 e. The lowest BCUT2D eigenvalue weighted by Gasteiger charge is -2.09. The minimum absolute atomic E-state index is 0.00940. The molecule has 0 bridgehead atoms. The van der Waals surface area contributed by atoms with E-state index in [9.17, 15) is 17.2 Å². The molecule has 2 aromatic rings. The molecule has 118 valence electrons. The Bertz CT molecular complexity index is 749. The molecule has 0 atom stereocenters. The van der Waals surface area contributed by atoms with Gasteiger partial charge in [0.2, 0.25) is 10.0 Å². The highest BCUT2D eigenvalue weighted by Gasteiger charge is 2.09. The first-order valence-corrected chi connectivity index (χ1v) is 8.23. The number of anilines is 3. The van der Waals surface area contributed by atoms with Crippen LogP contribution in [0.15, 0.2) is 36.5 Å². The number of nitrogens with one attached hydrogen (secondary N) is 2. The molecular weight excluding hydrogens is 312 g/mol. The fourth-order valence-electron chi connectivity index (χ4n) is 1.75. The molecule has 0 fully saturated rings. The van der Waals surface area contributed by atoms with Crippen LogP contribution in [0.5, 0.6) is 0 Å². The van der Waals surface area contributed by atoms with Crippen molar-refractivity contribution in [1.82, 2.24) is 4.98 Å². The van der Waals surface area contributed by atoms with Crippen molar-refractivity contribution in [3.63, 3.8) is 0 Å².